The number of aromatic amines is 1. The summed E-state index contributed by atoms with van der Waals surface area (Å²) in [5.74, 6) is -0.544. The van der Waals surface area contributed by atoms with Gasteiger partial charge in [0.15, 0.2) is 5.69 Å². The smallest absolute Gasteiger partial charge is 0.330 e. The highest BCUT2D eigenvalue weighted by Crippen LogP contribution is 2.29. The third-order valence-corrected chi connectivity index (χ3v) is 5.89. The molecule has 0 spiro atoms. The Hall–Kier alpha value is -4.39. The number of H-pyrrole nitrogens is 1. The van der Waals surface area contributed by atoms with E-state index in [9.17, 15) is 14.4 Å². The van der Waals surface area contributed by atoms with E-state index in [1.54, 1.807) is 0 Å². The first-order chi connectivity index (χ1) is 16.5. The molecule has 4 rings (SSSR count). The van der Waals surface area contributed by atoms with E-state index in [0.717, 1.165) is 16.7 Å². The van der Waals surface area contributed by atoms with Gasteiger partial charge in [0.1, 0.15) is 5.82 Å². The molecule has 3 N–H and O–H groups in total. The second kappa shape index (κ2) is 10.0. The maximum absolute atomic E-state index is 13.4. The SMILES string of the molecule is CN(C(=O)CC(c1ccccc1)c1ccccc1)c1c(N)n(Cc2ccccc2)c(=O)[nH]c1=O. The molecule has 0 saturated carbocycles. The normalized spacial score (nSPS) is 10.9. The van der Waals surface area contributed by atoms with E-state index in [2.05, 4.69) is 4.98 Å². The average molecular weight is 455 g/mol. The third kappa shape index (κ3) is 4.83. The minimum absolute atomic E-state index is 0.0413. The summed E-state index contributed by atoms with van der Waals surface area (Å²) in [5.41, 5.74) is 7.74. The highest BCUT2D eigenvalue weighted by Gasteiger charge is 2.25. The van der Waals surface area contributed by atoms with Gasteiger partial charge in [-0.2, -0.15) is 0 Å². The Bertz CT molecular complexity index is 1340. The monoisotopic (exact) mass is 454 g/mol. The fourth-order valence-corrected chi connectivity index (χ4v) is 4.06. The number of nitrogens with zero attached hydrogens (tertiary/aromatic N) is 2. The fraction of sp³-hybridized carbons (Fsp3) is 0.148. The molecule has 34 heavy (non-hydrogen) atoms. The zero-order valence-electron chi connectivity index (χ0n) is 18.8. The molecule has 0 saturated heterocycles. The van der Waals surface area contributed by atoms with Crippen LogP contribution in [0.5, 0.6) is 0 Å². The summed E-state index contributed by atoms with van der Waals surface area (Å²) in [4.78, 5) is 42.1. The molecule has 0 aliphatic carbocycles. The van der Waals surface area contributed by atoms with Crippen LogP contribution in [-0.4, -0.2) is 22.5 Å². The Balaban J connectivity index is 1.67. The molecular weight excluding hydrogens is 428 g/mol. The van der Waals surface area contributed by atoms with Crippen LogP contribution in [0, 0.1) is 0 Å². The van der Waals surface area contributed by atoms with Crippen LogP contribution in [0.3, 0.4) is 0 Å². The van der Waals surface area contributed by atoms with Gasteiger partial charge in [-0.05, 0) is 16.7 Å². The molecule has 1 amide bonds. The van der Waals surface area contributed by atoms with Crippen LogP contribution in [0.1, 0.15) is 29.0 Å². The number of hydrogen-bond donors (Lipinski definition) is 2. The van der Waals surface area contributed by atoms with Crippen LogP contribution in [0.2, 0.25) is 0 Å². The second-order valence-corrected chi connectivity index (χ2v) is 8.10. The minimum Gasteiger partial charge on any atom is -0.383 e. The third-order valence-electron chi connectivity index (χ3n) is 5.89. The van der Waals surface area contributed by atoms with Crippen LogP contribution < -0.4 is 21.9 Å². The zero-order chi connectivity index (χ0) is 24.1. The van der Waals surface area contributed by atoms with Gasteiger partial charge in [-0.15, -0.1) is 0 Å². The molecule has 1 aromatic heterocycles. The number of nitrogens with one attached hydrogen (secondary N) is 1. The first-order valence-corrected chi connectivity index (χ1v) is 11.0. The van der Waals surface area contributed by atoms with E-state index < -0.39 is 11.2 Å². The fourth-order valence-electron chi connectivity index (χ4n) is 4.06. The van der Waals surface area contributed by atoms with E-state index in [1.165, 1.54) is 16.5 Å². The average Bonchev–Trinajstić information content (AvgIpc) is 2.86. The van der Waals surface area contributed by atoms with Gasteiger partial charge in [0.2, 0.25) is 5.91 Å². The first-order valence-electron chi connectivity index (χ1n) is 11.0. The van der Waals surface area contributed by atoms with Gasteiger partial charge in [0, 0.05) is 19.4 Å². The number of aromatic nitrogens is 2. The first kappa shape index (κ1) is 22.8. The Morgan fingerprint density at radius 2 is 1.38 bits per heavy atom. The van der Waals surface area contributed by atoms with Crippen LogP contribution in [0.4, 0.5) is 11.5 Å². The van der Waals surface area contributed by atoms with Crippen molar-refractivity contribution < 1.29 is 4.79 Å². The van der Waals surface area contributed by atoms with Crippen molar-refractivity contribution in [2.24, 2.45) is 0 Å². The van der Waals surface area contributed by atoms with Gasteiger partial charge in [-0.1, -0.05) is 91.0 Å². The Morgan fingerprint density at radius 3 is 1.91 bits per heavy atom. The Kier molecular flexibility index (Phi) is 6.73. The number of carbonyl (C=O) groups is 1. The molecule has 3 aromatic carbocycles. The molecule has 0 radical (unpaired) electrons. The summed E-state index contributed by atoms with van der Waals surface area (Å²) >= 11 is 0. The van der Waals surface area contributed by atoms with Crippen LogP contribution in [0.25, 0.3) is 0 Å². The number of anilines is 2. The van der Waals surface area contributed by atoms with E-state index in [4.69, 9.17) is 5.73 Å². The number of carbonyl (C=O) groups excluding carboxylic acids is 1. The van der Waals surface area contributed by atoms with Gasteiger partial charge >= 0.3 is 5.69 Å². The number of benzene rings is 3. The van der Waals surface area contributed by atoms with Crippen LogP contribution in [-0.2, 0) is 11.3 Å². The van der Waals surface area contributed by atoms with Gasteiger partial charge in [-0.25, -0.2) is 4.79 Å². The minimum atomic E-state index is -0.696. The zero-order valence-corrected chi connectivity index (χ0v) is 18.8. The molecule has 1 heterocycles. The largest absolute Gasteiger partial charge is 0.383 e. The molecule has 0 atom stereocenters. The van der Waals surface area contributed by atoms with Gasteiger partial charge in [0.25, 0.3) is 5.56 Å². The standard InChI is InChI=1S/C27H26N4O3/c1-30(23(32)17-22(20-13-7-3-8-14-20)21-15-9-4-10-16-21)24-25(28)31(27(34)29-26(24)33)18-19-11-5-2-6-12-19/h2-16,22H,17-18,28H2,1H3,(H,29,33,34). The summed E-state index contributed by atoms with van der Waals surface area (Å²) < 4.78 is 1.27. The quantitative estimate of drug-likeness (QED) is 0.447. The van der Waals surface area contributed by atoms with Crippen molar-refractivity contribution in [1.82, 2.24) is 9.55 Å². The van der Waals surface area contributed by atoms with Gasteiger partial charge in [-0.3, -0.25) is 19.1 Å². The number of amides is 1. The highest BCUT2D eigenvalue weighted by atomic mass is 16.2. The molecule has 0 fully saturated rings. The number of nitrogen functional groups attached to an aromatic ring is 1. The predicted octanol–water partition coefficient (Wildman–Crippen LogP) is 3.35. The molecule has 172 valence electrons. The number of rotatable bonds is 7. The lowest BCUT2D eigenvalue weighted by atomic mass is 9.88. The van der Waals surface area contributed by atoms with E-state index in [1.807, 2.05) is 91.0 Å². The molecule has 0 unspecified atom stereocenters. The van der Waals surface area contributed by atoms with Crippen molar-refractivity contribution in [3.8, 4) is 0 Å². The van der Waals surface area contributed by atoms with E-state index in [-0.39, 0.29) is 36.3 Å². The van der Waals surface area contributed by atoms with Crippen molar-refractivity contribution in [2.45, 2.75) is 18.9 Å². The summed E-state index contributed by atoms with van der Waals surface area (Å²) in [7, 11) is 1.51. The predicted molar refractivity (Wildman–Crippen MR) is 134 cm³/mol. The molecule has 4 aromatic rings. The van der Waals surface area contributed by atoms with Crippen LogP contribution in [0.15, 0.2) is 101 Å². The van der Waals surface area contributed by atoms with Crippen molar-refractivity contribution >= 4 is 17.4 Å². The maximum atomic E-state index is 13.4. The maximum Gasteiger partial charge on any atom is 0.330 e. The van der Waals surface area contributed by atoms with E-state index in [0.29, 0.717) is 0 Å². The van der Waals surface area contributed by atoms with Gasteiger partial charge < -0.3 is 10.6 Å². The van der Waals surface area contributed by atoms with Gasteiger partial charge in [0.05, 0.1) is 6.54 Å². The molecule has 0 aliphatic rings. The molecular formula is C27H26N4O3. The molecule has 0 bridgehead atoms. The lowest BCUT2D eigenvalue weighted by Crippen LogP contribution is -2.39. The van der Waals surface area contributed by atoms with Crippen molar-refractivity contribution in [2.75, 3.05) is 17.7 Å². The Labute approximate surface area is 197 Å². The van der Waals surface area contributed by atoms with Crippen molar-refractivity contribution in [3.63, 3.8) is 0 Å². The van der Waals surface area contributed by atoms with E-state index >= 15 is 0 Å². The second-order valence-electron chi connectivity index (χ2n) is 8.10. The lowest BCUT2D eigenvalue weighted by Gasteiger charge is -2.24. The highest BCUT2D eigenvalue weighted by molar-refractivity contribution is 5.95. The summed E-state index contributed by atoms with van der Waals surface area (Å²) in [5, 5.41) is 0. The summed E-state index contributed by atoms with van der Waals surface area (Å²) in [6.45, 7) is 0.175. The molecule has 0 aliphatic heterocycles. The number of hydrogen-bond acceptors (Lipinski definition) is 4. The van der Waals surface area contributed by atoms with Crippen molar-refractivity contribution in [1.29, 1.82) is 0 Å². The summed E-state index contributed by atoms with van der Waals surface area (Å²) in [6.07, 6.45) is 0.126. The summed E-state index contributed by atoms with van der Waals surface area (Å²) in [6, 6.07) is 28.8. The topological polar surface area (TPSA) is 101 Å². The van der Waals surface area contributed by atoms with Crippen molar-refractivity contribution in [3.05, 3.63) is 129 Å². The lowest BCUT2D eigenvalue weighted by molar-refractivity contribution is -0.118. The Morgan fingerprint density at radius 1 is 0.882 bits per heavy atom. The number of nitrogens with two attached hydrogens (primary N) is 1. The van der Waals surface area contributed by atoms with Crippen LogP contribution >= 0.6 is 0 Å². The molecule has 7 nitrogen and oxygen atoms in total. The molecule has 7 heteroatoms.